The molecule has 1 fully saturated rings. The molecule has 5 heteroatoms. The highest BCUT2D eigenvalue weighted by atomic mass is 16.5. The van der Waals surface area contributed by atoms with E-state index in [0.717, 1.165) is 18.5 Å². The second kappa shape index (κ2) is 5.48. The highest BCUT2D eigenvalue weighted by Gasteiger charge is 2.27. The fourth-order valence-electron chi connectivity index (χ4n) is 2.63. The first kappa shape index (κ1) is 12.3. The fourth-order valence-corrected chi connectivity index (χ4v) is 2.63. The molecule has 19 heavy (non-hydrogen) atoms. The zero-order chi connectivity index (χ0) is 13.1. The first-order valence-electron chi connectivity index (χ1n) is 6.85. The van der Waals surface area contributed by atoms with Crippen LogP contribution in [0, 0.1) is 0 Å². The Hall–Kier alpha value is -1.75. The van der Waals surface area contributed by atoms with Gasteiger partial charge < -0.3 is 10.3 Å². The Morgan fingerprint density at radius 3 is 2.89 bits per heavy atom. The number of nitrogens with zero attached hydrogens (tertiary/aromatic N) is 3. The van der Waals surface area contributed by atoms with E-state index in [1.807, 2.05) is 18.2 Å². The molecule has 3 rings (SSSR count). The lowest BCUT2D eigenvalue weighted by atomic mass is 9.95. The van der Waals surface area contributed by atoms with E-state index in [-0.39, 0.29) is 12.0 Å². The number of pyridine rings is 1. The second-order valence-electron chi connectivity index (χ2n) is 5.08. The number of hydrogen-bond acceptors (Lipinski definition) is 5. The van der Waals surface area contributed by atoms with Crippen LogP contribution in [-0.2, 0) is 0 Å². The molecular formula is C14H18N4O. The zero-order valence-corrected chi connectivity index (χ0v) is 10.8. The Bertz CT molecular complexity index is 525. The predicted octanol–water partition coefficient (Wildman–Crippen LogP) is 2.51. The minimum Gasteiger partial charge on any atom is -0.339 e. The maximum atomic E-state index is 6.22. The molecule has 2 unspecified atom stereocenters. The molecule has 0 aliphatic heterocycles. The summed E-state index contributed by atoms with van der Waals surface area (Å²) in [5.74, 6) is 1.40. The van der Waals surface area contributed by atoms with Crippen LogP contribution < -0.4 is 5.73 Å². The van der Waals surface area contributed by atoms with Crippen LogP contribution in [0.4, 0.5) is 0 Å². The van der Waals surface area contributed by atoms with Gasteiger partial charge in [0.25, 0.3) is 0 Å². The largest absolute Gasteiger partial charge is 0.339 e. The maximum absolute atomic E-state index is 6.22. The number of rotatable bonds is 2. The van der Waals surface area contributed by atoms with Gasteiger partial charge in [-0.1, -0.05) is 30.5 Å². The van der Waals surface area contributed by atoms with Crippen molar-refractivity contribution in [2.75, 3.05) is 0 Å². The average Bonchev–Trinajstić information content (AvgIpc) is 2.83. The highest BCUT2D eigenvalue weighted by molar-refractivity contribution is 5.47. The van der Waals surface area contributed by atoms with Crippen molar-refractivity contribution in [1.82, 2.24) is 15.1 Å². The molecular weight excluding hydrogens is 240 g/mol. The Morgan fingerprint density at radius 1 is 1.16 bits per heavy atom. The summed E-state index contributed by atoms with van der Waals surface area (Å²) in [6.45, 7) is 0. The molecule has 0 amide bonds. The summed E-state index contributed by atoms with van der Waals surface area (Å²) in [7, 11) is 0. The highest BCUT2D eigenvalue weighted by Crippen LogP contribution is 2.30. The van der Waals surface area contributed by atoms with E-state index in [9.17, 15) is 0 Å². The molecule has 0 aromatic carbocycles. The normalized spacial score (nSPS) is 24.1. The monoisotopic (exact) mass is 258 g/mol. The number of nitrogens with two attached hydrogens (primary N) is 1. The molecule has 0 spiro atoms. The van der Waals surface area contributed by atoms with Gasteiger partial charge in [0.05, 0.1) is 5.92 Å². The first-order chi connectivity index (χ1) is 9.34. The summed E-state index contributed by atoms with van der Waals surface area (Å²) in [5, 5.41) is 4.02. The molecule has 100 valence electrons. The average molecular weight is 258 g/mol. The van der Waals surface area contributed by atoms with Gasteiger partial charge in [-0.3, -0.25) is 4.98 Å². The van der Waals surface area contributed by atoms with Gasteiger partial charge >= 0.3 is 0 Å². The fraction of sp³-hybridized carbons (Fsp3) is 0.500. The minimum atomic E-state index is 0.125. The van der Waals surface area contributed by atoms with Crippen molar-refractivity contribution < 1.29 is 4.52 Å². The van der Waals surface area contributed by atoms with Gasteiger partial charge in [-0.05, 0) is 25.0 Å². The van der Waals surface area contributed by atoms with Crippen molar-refractivity contribution >= 4 is 0 Å². The molecule has 1 saturated carbocycles. The Labute approximate surface area is 112 Å². The standard InChI is InChI=1S/C14H18N4O/c15-11-7-3-1-2-6-10(11)14-17-13(18-19-14)12-8-4-5-9-16-12/h4-5,8-11H,1-3,6-7,15H2. The van der Waals surface area contributed by atoms with E-state index < -0.39 is 0 Å². The van der Waals surface area contributed by atoms with E-state index in [1.165, 1.54) is 19.3 Å². The molecule has 2 heterocycles. The molecule has 0 bridgehead atoms. The molecule has 2 aromatic rings. The predicted molar refractivity (Wildman–Crippen MR) is 71.3 cm³/mol. The van der Waals surface area contributed by atoms with Gasteiger partial charge in [-0.15, -0.1) is 0 Å². The van der Waals surface area contributed by atoms with Crippen molar-refractivity contribution in [3.8, 4) is 11.5 Å². The van der Waals surface area contributed by atoms with E-state index in [4.69, 9.17) is 10.3 Å². The topological polar surface area (TPSA) is 77.8 Å². The molecule has 1 aliphatic carbocycles. The Morgan fingerprint density at radius 2 is 2.05 bits per heavy atom. The molecule has 2 atom stereocenters. The molecule has 0 saturated heterocycles. The van der Waals surface area contributed by atoms with Crippen LogP contribution in [0.3, 0.4) is 0 Å². The summed E-state index contributed by atoms with van der Waals surface area (Å²) in [5.41, 5.74) is 6.95. The molecule has 0 radical (unpaired) electrons. The van der Waals surface area contributed by atoms with Crippen molar-refractivity contribution in [3.63, 3.8) is 0 Å². The summed E-state index contributed by atoms with van der Waals surface area (Å²) >= 11 is 0. The van der Waals surface area contributed by atoms with Gasteiger partial charge in [0.15, 0.2) is 0 Å². The van der Waals surface area contributed by atoms with E-state index in [1.54, 1.807) is 6.20 Å². The SMILES string of the molecule is NC1CCCCCC1c1nc(-c2ccccn2)no1. The minimum absolute atomic E-state index is 0.125. The second-order valence-corrected chi connectivity index (χ2v) is 5.08. The summed E-state index contributed by atoms with van der Waals surface area (Å²) in [6, 6.07) is 5.78. The van der Waals surface area contributed by atoms with Crippen LogP contribution in [0.25, 0.3) is 11.5 Å². The number of aromatic nitrogens is 3. The van der Waals surface area contributed by atoms with Crippen molar-refractivity contribution in [2.24, 2.45) is 5.73 Å². The zero-order valence-electron chi connectivity index (χ0n) is 10.8. The summed E-state index contributed by atoms with van der Waals surface area (Å²) in [6.07, 6.45) is 7.41. The van der Waals surface area contributed by atoms with Gasteiger partial charge in [0, 0.05) is 12.2 Å². The van der Waals surface area contributed by atoms with Crippen LogP contribution >= 0.6 is 0 Å². The Balaban J connectivity index is 1.84. The van der Waals surface area contributed by atoms with Crippen LogP contribution in [-0.4, -0.2) is 21.2 Å². The van der Waals surface area contributed by atoms with Crippen LogP contribution in [0.1, 0.15) is 43.9 Å². The van der Waals surface area contributed by atoms with Gasteiger partial charge in [0.1, 0.15) is 5.69 Å². The molecule has 2 aromatic heterocycles. The summed E-state index contributed by atoms with van der Waals surface area (Å²) < 4.78 is 5.40. The smallest absolute Gasteiger partial charge is 0.231 e. The summed E-state index contributed by atoms with van der Waals surface area (Å²) in [4.78, 5) is 8.70. The molecule has 5 nitrogen and oxygen atoms in total. The van der Waals surface area contributed by atoms with Crippen LogP contribution in [0.2, 0.25) is 0 Å². The van der Waals surface area contributed by atoms with Gasteiger partial charge in [-0.25, -0.2) is 0 Å². The lowest BCUT2D eigenvalue weighted by Gasteiger charge is -2.16. The van der Waals surface area contributed by atoms with Crippen LogP contribution in [0.15, 0.2) is 28.9 Å². The lowest BCUT2D eigenvalue weighted by molar-refractivity contribution is 0.326. The first-order valence-corrected chi connectivity index (χ1v) is 6.85. The third-order valence-electron chi connectivity index (χ3n) is 3.72. The lowest BCUT2D eigenvalue weighted by Crippen LogP contribution is -2.27. The molecule has 2 N–H and O–H groups in total. The molecule has 1 aliphatic rings. The third kappa shape index (κ3) is 2.66. The Kier molecular flexibility index (Phi) is 3.55. The maximum Gasteiger partial charge on any atom is 0.231 e. The van der Waals surface area contributed by atoms with Crippen molar-refractivity contribution in [2.45, 2.75) is 44.1 Å². The quantitative estimate of drug-likeness (QED) is 0.837. The van der Waals surface area contributed by atoms with Crippen molar-refractivity contribution in [1.29, 1.82) is 0 Å². The number of hydrogen-bond donors (Lipinski definition) is 1. The van der Waals surface area contributed by atoms with E-state index >= 15 is 0 Å². The third-order valence-corrected chi connectivity index (χ3v) is 3.72. The van der Waals surface area contributed by atoms with Crippen molar-refractivity contribution in [3.05, 3.63) is 30.3 Å². The van der Waals surface area contributed by atoms with Crippen LogP contribution in [0.5, 0.6) is 0 Å². The van der Waals surface area contributed by atoms with E-state index in [2.05, 4.69) is 15.1 Å². The van der Waals surface area contributed by atoms with E-state index in [0.29, 0.717) is 11.7 Å². The van der Waals surface area contributed by atoms with Gasteiger partial charge in [-0.2, -0.15) is 4.98 Å². The van der Waals surface area contributed by atoms with Gasteiger partial charge in [0.2, 0.25) is 11.7 Å².